The quantitative estimate of drug-likeness (QED) is 0.611. The first-order valence-electron chi connectivity index (χ1n) is 13.4. The molecule has 0 saturated carbocycles. The minimum absolute atomic E-state index is 0.0455. The van der Waals surface area contributed by atoms with E-state index in [0.29, 0.717) is 32.1 Å². The highest BCUT2D eigenvalue weighted by molar-refractivity contribution is 5.80. The molecule has 0 bridgehead atoms. The van der Waals surface area contributed by atoms with Crippen LogP contribution >= 0.6 is 0 Å². The van der Waals surface area contributed by atoms with Crippen molar-refractivity contribution in [3.05, 3.63) is 54.4 Å². The number of piperidine rings is 1. The number of aliphatic hydroxyl groups excluding tert-OH is 1. The van der Waals surface area contributed by atoms with Crippen LogP contribution in [-0.4, -0.2) is 100 Å². The van der Waals surface area contributed by atoms with Gasteiger partial charge in [-0.3, -0.25) is 0 Å². The number of nitrogens with zero attached hydrogens (tertiary/aromatic N) is 6. The number of likely N-dealkylation sites (tertiary alicyclic amines) is 2. The van der Waals surface area contributed by atoms with Gasteiger partial charge in [-0.05, 0) is 61.7 Å². The zero-order chi connectivity index (χ0) is 24.6. The van der Waals surface area contributed by atoms with Gasteiger partial charge in [0.1, 0.15) is 0 Å². The van der Waals surface area contributed by atoms with Gasteiger partial charge in [-0.1, -0.05) is 31.2 Å². The van der Waals surface area contributed by atoms with Crippen molar-refractivity contribution in [1.82, 2.24) is 24.3 Å². The molecule has 8 heteroatoms. The number of fused-ring (bicyclic) bond motifs is 1. The Labute approximate surface area is 212 Å². The molecule has 0 spiro atoms. The Balaban J connectivity index is 1.15. The van der Waals surface area contributed by atoms with Gasteiger partial charge >= 0.3 is 6.03 Å². The zero-order valence-electron chi connectivity index (χ0n) is 21.1. The van der Waals surface area contributed by atoms with Gasteiger partial charge in [0, 0.05) is 44.1 Å². The number of β-amino-alcohol motifs (C(OH)–C–C–N with tert-alkyl or cyclic N) is 1. The Bertz CT molecular complexity index is 1200. The van der Waals surface area contributed by atoms with Crippen molar-refractivity contribution >= 4 is 17.2 Å². The molecule has 1 aromatic carbocycles. The number of hydrogen-bond donors (Lipinski definition) is 1. The number of carbonyl (C=O) groups is 1. The van der Waals surface area contributed by atoms with Gasteiger partial charge in [0.25, 0.3) is 0 Å². The Kier molecular flexibility index (Phi) is 6.31. The summed E-state index contributed by atoms with van der Waals surface area (Å²) >= 11 is 0. The predicted molar refractivity (Wildman–Crippen MR) is 141 cm³/mol. The average Bonchev–Trinajstić information content (AvgIpc) is 3.36. The number of hydrogen-bond acceptors (Lipinski definition) is 5. The molecule has 1 N–H and O–H groups in total. The summed E-state index contributed by atoms with van der Waals surface area (Å²) < 4.78 is 1.97. The van der Waals surface area contributed by atoms with E-state index in [1.54, 1.807) is 4.90 Å². The van der Waals surface area contributed by atoms with Crippen LogP contribution in [0.25, 0.3) is 16.6 Å². The van der Waals surface area contributed by atoms with Crippen molar-refractivity contribution in [1.29, 1.82) is 0 Å². The summed E-state index contributed by atoms with van der Waals surface area (Å²) in [7, 11) is 0. The molecule has 3 aliphatic heterocycles. The summed E-state index contributed by atoms with van der Waals surface area (Å²) in [5.41, 5.74) is 6.09. The molecule has 2 amide bonds. The molecular weight excluding hydrogens is 452 g/mol. The number of benzene rings is 1. The molecule has 36 heavy (non-hydrogen) atoms. The Morgan fingerprint density at radius 1 is 0.944 bits per heavy atom. The van der Waals surface area contributed by atoms with Crippen LogP contribution in [0.3, 0.4) is 0 Å². The monoisotopic (exact) mass is 488 g/mol. The molecule has 2 aromatic heterocycles. The molecular formula is C28H36N6O2. The summed E-state index contributed by atoms with van der Waals surface area (Å²) in [4.78, 5) is 21.1. The van der Waals surface area contributed by atoms with E-state index in [2.05, 4.69) is 64.4 Å². The maximum Gasteiger partial charge on any atom is 0.320 e. The number of piperazine rings is 1. The van der Waals surface area contributed by atoms with Gasteiger partial charge < -0.3 is 24.7 Å². The van der Waals surface area contributed by atoms with E-state index in [0.717, 1.165) is 30.8 Å². The number of carbonyl (C=O) groups excluding carboxylic acids is 1. The van der Waals surface area contributed by atoms with E-state index in [4.69, 9.17) is 0 Å². The molecule has 3 saturated heterocycles. The molecule has 3 aliphatic rings. The van der Waals surface area contributed by atoms with Crippen LogP contribution in [-0.2, 0) is 0 Å². The van der Waals surface area contributed by atoms with Gasteiger partial charge in [0.2, 0.25) is 0 Å². The Hall–Kier alpha value is -3.10. The van der Waals surface area contributed by atoms with E-state index in [-0.39, 0.29) is 12.1 Å². The summed E-state index contributed by atoms with van der Waals surface area (Å²) in [6, 6.07) is 13.5. The second kappa shape index (κ2) is 9.75. The molecule has 8 nitrogen and oxygen atoms in total. The lowest BCUT2D eigenvalue weighted by molar-refractivity contribution is 0.0145. The maximum absolute atomic E-state index is 12.6. The normalized spacial score (nSPS) is 20.2. The highest BCUT2D eigenvalue weighted by atomic mass is 16.3. The minimum atomic E-state index is -0.362. The average molecular weight is 489 g/mol. The predicted octanol–water partition coefficient (Wildman–Crippen LogP) is 3.12. The second-order valence-electron chi connectivity index (χ2n) is 10.4. The van der Waals surface area contributed by atoms with Crippen LogP contribution in [0.5, 0.6) is 0 Å². The van der Waals surface area contributed by atoms with Gasteiger partial charge in [0.05, 0.1) is 30.4 Å². The SMILES string of the molecule is CCN1CCC(c2ccc(-c3cc4c(N5CCN(C(=O)N6CC(O)C6)CC5)ccnn4c3)cc2)CC1. The van der Waals surface area contributed by atoms with Crippen LogP contribution in [0.1, 0.15) is 31.2 Å². The smallest absolute Gasteiger partial charge is 0.320 e. The fraction of sp³-hybridized carbons (Fsp3) is 0.500. The highest BCUT2D eigenvalue weighted by Gasteiger charge is 2.33. The van der Waals surface area contributed by atoms with E-state index in [1.165, 1.54) is 42.6 Å². The summed E-state index contributed by atoms with van der Waals surface area (Å²) in [5.74, 6) is 0.667. The van der Waals surface area contributed by atoms with Crippen LogP contribution in [0.15, 0.2) is 48.8 Å². The van der Waals surface area contributed by atoms with Gasteiger partial charge in [-0.2, -0.15) is 5.10 Å². The third kappa shape index (κ3) is 4.44. The molecule has 3 fully saturated rings. The van der Waals surface area contributed by atoms with Crippen molar-refractivity contribution in [2.45, 2.75) is 31.8 Å². The van der Waals surface area contributed by atoms with Crippen molar-refractivity contribution in [3.8, 4) is 11.1 Å². The summed E-state index contributed by atoms with van der Waals surface area (Å²) in [6.07, 6.45) is 6.10. The van der Waals surface area contributed by atoms with Crippen LogP contribution in [0.4, 0.5) is 10.5 Å². The number of urea groups is 1. The first kappa shape index (κ1) is 23.3. The number of amides is 2. The van der Waals surface area contributed by atoms with Crippen LogP contribution in [0.2, 0.25) is 0 Å². The van der Waals surface area contributed by atoms with Crippen LogP contribution in [0, 0.1) is 0 Å². The molecule has 5 heterocycles. The molecule has 0 radical (unpaired) electrons. The van der Waals surface area contributed by atoms with Gasteiger partial charge in [-0.15, -0.1) is 0 Å². The summed E-state index contributed by atoms with van der Waals surface area (Å²) in [5, 5.41) is 14.1. The summed E-state index contributed by atoms with van der Waals surface area (Å²) in [6.45, 7) is 9.66. The van der Waals surface area contributed by atoms with E-state index in [1.807, 2.05) is 15.6 Å². The van der Waals surface area contributed by atoms with E-state index >= 15 is 0 Å². The molecule has 190 valence electrons. The van der Waals surface area contributed by atoms with Crippen molar-refractivity contribution < 1.29 is 9.90 Å². The Morgan fingerprint density at radius 3 is 2.33 bits per heavy atom. The third-order valence-electron chi connectivity index (χ3n) is 8.26. The fourth-order valence-corrected chi connectivity index (χ4v) is 5.91. The Morgan fingerprint density at radius 2 is 1.67 bits per heavy atom. The lowest BCUT2D eigenvalue weighted by atomic mass is 9.88. The van der Waals surface area contributed by atoms with Crippen LogP contribution < -0.4 is 4.90 Å². The number of anilines is 1. The van der Waals surface area contributed by atoms with Gasteiger partial charge in [0.15, 0.2) is 0 Å². The lowest BCUT2D eigenvalue weighted by Crippen LogP contribution is -2.60. The van der Waals surface area contributed by atoms with E-state index in [9.17, 15) is 9.90 Å². The first-order chi connectivity index (χ1) is 17.6. The lowest BCUT2D eigenvalue weighted by Gasteiger charge is -2.42. The van der Waals surface area contributed by atoms with Crippen molar-refractivity contribution in [2.24, 2.45) is 0 Å². The fourth-order valence-electron chi connectivity index (χ4n) is 5.91. The number of aliphatic hydroxyl groups is 1. The zero-order valence-corrected chi connectivity index (χ0v) is 21.1. The molecule has 0 unspecified atom stereocenters. The maximum atomic E-state index is 12.6. The standard InChI is InChI=1S/C28H36N6O2/c1-2-30-11-8-23(9-12-30)21-3-5-22(6-4-21)24-17-27-26(7-10-29-34(27)18-24)31-13-15-32(16-14-31)28(36)33-19-25(35)20-33/h3-7,10,17-18,23,25,35H,2,8-9,11-16,19-20H2,1H3. The molecule has 0 aliphatic carbocycles. The highest BCUT2D eigenvalue weighted by Crippen LogP contribution is 2.32. The number of aromatic nitrogens is 2. The third-order valence-corrected chi connectivity index (χ3v) is 8.26. The first-order valence-corrected chi connectivity index (χ1v) is 13.4. The largest absolute Gasteiger partial charge is 0.389 e. The topological polar surface area (TPSA) is 67.6 Å². The minimum Gasteiger partial charge on any atom is -0.389 e. The van der Waals surface area contributed by atoms with Gasteiger partial charge in [-0.25, -0.2) is 9.31 Å². The molecule has 3 aromatic rings. The number of rotatable bonds is 4. The molecule has 6 rings (SSSR count). The second-order valence-corrected chi connectivity index (χ2v) is 10.4. The molecule has 0 atom stereocenters. The van der Waals surface area contributed by atoms with Crippen molar-refractivity contribution in [3.63, 3.8) is 0 Å². The van der Waals surface area contributed by atoms with Crippen molar-refractivity contribution in [2.75, 3.05) is 63.8 Å². The van der Waals surface area contributed by atoms with E-state index < -0.39 is 0 Å².